The average Bonchev–Trinajstić information content (AvgIpc) is 3.86. The molecular weight excluding hydrogens is 765 g/mol. The third-order valence-corrected chi connectivity index (χ3v) is 13.2. The number of hydrogen-bond donors (Lipinski definition) is 0. The molecule has 13 rings (SSSR count). The van der Waals surface area contributed by atoms with Crippen molar-refractivity contribution in [2.24, 2.45) is 0 Å². The van der Waals surface area contributed by atoms with Crippen molar-refractivity contribution in [2.75, 3.05) is 4.90 Å². The van der Waals surface area contributed by atoms with Gasteiger partial charge in [-0.2, -0.15) is 0 Å². The van der Waals surface area contributed by atoms with Crippen LogP contribution in [0.4, 0.5) is 17.1 Å². The lowest BCUT2D eigenvalue weighted by molar-refractivity contribution is 0.753. The summed E-state index contributed by atoms with van der Waals surface area (Å²) in [6, 6.07) is 83.3. The van der Waals surface area contributed by atoms with E-state index in [4.69, 9.17) is 9.97 Å². The van der Waals surface area contributed by atoms with Gasteiger partial charge in [-0.1, -0.05) is 188 Å². The molecule has 1 aliphatic carbocycles. The SMILES string of the molecule is c1ccc(-c2cccc(N3c4ccccc4C4(c5ccccc5-c5c4ccc4c5c5ccccc5n4-c4nc(-c5ccccc5)cc(-c5ccccc5)n4)c4ccccc43)c2)cc1. The highest BCUT2D eigenvalue weighted by molar-refractivity contribution is 6.18. The molecule has 0 unspecified atom stereocenters. The second-order valence-corrected chi connectivity index (χ2v) is 16.5. The maximum absolute atomic E-state index is 5.36. The van der Waals surface area contributed by atoms with Gasteiger partial charge in [0.25, 0.3) is 0 Å². The summed E-state index contributed by atoms with van der Waals surface area (Å²) in [6.07, 6.45) is 0. The van der Waals surface area contributed by atoms with Crippen LogP contribution < -0.4 is 4.90 Å². The van der Waals surface area contributed by atoms with Gasteiger partial charge in [0.05, 0.1) is 39.2 Å². The summed E-state index contributed by atoms with van der Waals surface area (Å²) in [5.41, 5.74) is 18.8. The third-order valence-electron chi connectivity index (χ3n) is 13.2. The smallest absolute Gasteiger partial charge is 0.235 e. The topological polar surface area (TPSA) is 34.0 Å². The van der Waals surface area contributed by atoms with E-state index in [1.807, 2.05) is 12.1 Å². The van der Waals surface area contributed by atoms with E-state index in [1.54, 1.807) is 0 Å². The molecule has 0 amide bonds. The molecule has 9 aromatic carbocycles. The van der Waals surface area contributed by atoms with Crippen LogP contribution in [0.3, 0.4) is 0 Å². The van der Waals surface area contributed by atoms with Gasteiger partial charge in [0.1, 0.15) is 0 Å². The Labute approximate surface area is 365 Å². The van der Waals surface area contributed by atoms with Crippen molar-refractivity contribution in [1.82, 2.24) is 14.5 Å². The van der Waals surface area contributed by atoms with Crippen LogP contribution in [-0.2, 0) is 5.41 Å². The Morgan fingerprint density at radius 3 is 1.57 bits per heavy atom. The molecule has 0 radical (unpaired) electrons. The highest BCUT2D eigenvalue weighted by Gasteiger charge is 2.52. The maximum atomic E-state index is 5.36. The standard InChI is InChI=1S/C59H38N4/c1-4-19-39(20-5-1)42-25-18-26-43(37-42)62-53-33-16-13-30-47(53)59(48-31-14-17-34-54(48)62)46-29-12-10-27-44(46)56-49(59)35-36-55-57(56)45-28-11-15-32-52(45)63(55)58-60-50(40-21-6-2-7-22-40)38-51(61-58)41-23-8-3-9-24-41/h1-38H. The van der Waals surface area contributed by atoms with E-state index in [0.717, 1.165) is 39.2 Å². The van der Waals surface area contributed by atoms with E-state index in [9.17, 15) is 0 Å². The predicted octanol–water partition coefficient (Wildman–Crippen LogP) is 14.7. The molecule has 4 heteroatoms. The summed E-state index contributed by atoms with van der Waals surface area (Å²) in [5.74, 6) is 0.643. The summed E-state index contributed by atoms with van der Waals surface area (Å²) in [7, 11) is 0. The van der Waals surface area contributed by atoms with Crippen LogP contribution >= 0.6 is 0 Å². The van der Waals surface area contributed by atoms with Gasteiger partial charge in [0.2, 0.25) is 5.95 Å². The first-order valence-corrected chi connectivity index (χ1v) is 21.6. The summed E-state index contributed by atoms with van der Waals surface area (Å²) < 4.78 is 2.28. The molecule has 3 heterocycles. The Bertz CT molecular complexity index is 3470. The lowest BCUT2D eigenvalue weighted by atomic mass is 9.64. The molecule has 0 N–H and O–H groups in total. The molecule has 63 heavy (non-hydrogen) atoms. The fourth-order valence-corrected chi connectivity index (χ4v) is 10.6. The summed E-state index contributed by atoms with van der Waals surface area (Å²) in [6.45, 7) is 0. The van der Waals surface area contributed by atoms with Crippen molar-refractivity contribution < 1.29 is 0 Å². The first kappa shape index (κ1) is 35.4. The molecule has 0 saturated carbocycles. The first-order valence-electron chi connectivity index (χ1n) is 21.6. The monoisotopic (exact) mass is 802 g/mol. The molecule has 0 saturated heterocycles. The van der Waals surface area contributed by atoms with Crippen molar-refractivity contribution in [3.05, 3.63) is 253 Å². The van der Waals surface area contributed by atoms with Gasteiger partial charge < -0.3 is 4.90 Å². The zero-order valence-electron chi connectivity index (χ0n) is 34.2. The molecule has 0 atom stereocenters. The summed E-state index contributed by atoms with van der Waals surface area (Å²) in [4.78, 5) is 13.2. The summed E-state index contributed by atoms with van der Waals surface area (Å²) in [5, 5.41) is 2.37. The van der Waals surface area contributed by atoms with Crippen molar-refractivity contribution >= 4 is 38.9 Å². The average molecular weight is 803 g/mol. The van der Waals surface area contributed by atoms with E-state index >= 15 is 0 Å². The quantitative estimate of drug-likeness (QED) is 0.174. The zero-order chi connectivity index (χ0) is 41.5. The maximum Gasteiger partial charge on any atom is 0.235 e. The molecule has 2 aromatic heterocycles. The molecule has 0 fully saturated rings. The minimum absolute atomic E-state index is 0.589. The van der Waals surface area contributed by atoms with E-state index in [1.165, 1.54) is 66.7 Å². The second kappa shape index (κ2) is 13.8. The van der Waals surface area contributed by atoms with Crippen molar-refractivity contribution in [1.29, 1.82) is 0 Å². The molecule has 2 aliphatic rings. The minimum atomic E-state index is -0.589. The van der Waals surface area contributed by atoms with E-state index < -0.39 is 5.41 Å². The molecular formula is C59H38N4. The van der Waals surface area contributed by atoms with E-state index in [-0.39, 0.29) is 0 Å². The number of fused-ring (bicyclic) bond motifs is 13. The van der Waals surface area contributed by atoms with Crippen molar-refractivity contribution in [2.45, 2.75) is 5.41 Å². The number of rotatable bonds is 5. The van der Waals surface area contributed by atoms with Crippen LogP contribution in [0.2, 0.25) is 0 Å². The minimum Gasteiger partial charge on any atom is -0.310 e. The first-order chi connectivity index (χ1) is 31.3. The molecule has 0 bridgehead atoms. The van der Waals surface area contributed by atoms with Gasteiger partial charge in [0, 0.05) is 27.6 Å². The van der Waals surface area contributed by atoms with Crippen LogP contribution in [-0.4, -0.2) is 14.5 Å². The Morgan fingerprint density at radius 1 is 0.365 bits per heavy atom. The Morgan fingerprint density at radius 2 is 0.905 bits per heavy atom. The number of nitrogens with zero attached hydrogens (tertiary/aromatic N) is 4. The Balaban J connectivity index is 1.09. The zero-order valence-corrected chi connectivity index (χ0v) is 34.2. The fourth-order valence-electron chi connectivity index (χ4n) is 10.6. The van der Waals surface area contributed by atoms with Gasteiger partial charge in [-0.25, -0.2) is 9.97 Å². The largest absolute Gasteiger partial charge is 0.310 e. The number of para-hydroxylation sites is 3. The van der Waals surface area contributed by atoms with Crippen LogP contribution in [0, 0.1) is 0 Å². The third kappa shape index (κ3) is 5.16. The van der Waals surface area contributed by atoms with Crippen LogP contribution in [0.25, 0.3) is 72.5 Å². The van der Waals surface area contributed by atoms with E-state index in [0.29, 0.717) is 5.95 Å². The van der Waals surface area contributed by atoms with Gasteiger partial charge in [-0.15, -0.1) is 0 Å². The molecule has 4 nitrogen and oxygen atoms in total. The van der Waals surface area contributed by atoms with Crippen molar-refractivity contribution in [3.8, 4) is 50.7 Å². The van der Waals surface area contributed by atoms with Gasteiger partial charge in [-0.3, -0.25) is 4.57 Å². The van der Waals surface area contributed by atoms with Crippen molar-refractivity contribution in [3.63, 3.8) is 0 Å². The lowest BCUT2D eigenvalue weighted by Crippen LogP contribution is -2.36. The van der Waals surface area contributed by atoms with Crippen LogP contribution in [0.1, 0.15) is 22.3 Å². The molecule has 1 spiro atoms. The molecule has 11 aromatic rings. The number of aromatic nitrogens is 3. The second-order valence-electron chi connectivity index (χ2n) is 16.5. The summed E-state index contributed by atoms with van der Waals surface area (Å²) >= 11 is 0. The Kier molecular flexibility index (Phi) is 7.79. The van der Waals surface area contributed by atoms with Gasteiger partial charge >= 0.3 is 0 Å². The molecule has 1 aliphatic heterocycles. The predicted molar refractivity (Wildman–Crippen MR) is 258 cm³/mol. The Hall–Kier alpha value is -8.34. The highest BCUT2D eigenvalue weighted by atomic mass is 15.2. The molecule has 294 valence electrons. The van der Waals surface area contributed by atoms with Crippen LogP contribution in [0.5, 0.6) is 0 Å². The van der Waals surface area contributed by atoms with Gasteiger partial charge in [-0.05, 0) is 87.0 Å². The van der Waals surface area contributed by atoms with Gasteiger partial charge in [0.15, 0.2) is 0 Å². The normalized spacial score (nSPS) is 13.2. The highest BCUT2D eigenvalue weighted by Crippen LogP contribution is 2.64. The number of benzene rings is 9. The van der Waals surface area contributed by atoms with E-state index in [2.05, 4.69) is 228 Å². The van der Waals surface area contributed by atoms with Crippen LogP contribution in [0.15, 0.2) is 231 Å². The fraction of sp³-hybridized carbons (Fsp3) is 0.0169. The lowest BCUT2D eigenvalue weighted by Gasteiger charge is -2.45. The number of hydrogen-bond acceptors (Lipinski definition) is 3. The number of anilines is 3.